The number of halogens is 1. The van der Waals surface area contributed by atoms with Crippen LogP contribution >= 0.6 is 12.4 Å². The fourth-order valence-corrected chi connectivity index (χ4v) is 4.07. The minimum atomic E-state index is -0.505. The first-order valence-electron chi connectivity index (χ1n) is 8.70. The molecule has 23 heavy (non-hydrogen) atoms. The highest BCUT2D eigenvalue weighted by Crippen LogP contribution is 2.30. The van der Waals surface area contributed by atoms with E-state index >= 15 is 0 Å². The van der Waals surface area contributed by atoms with Crippen LogP contribution in [0.15, 0.2) is 18.5 Å². The van der Waals surface area contributed by atoms with Gasteiger partial charge in [-0.05, 0) is 56.7 Å². The summed E-state index contributed by atoms with van der Waals surface area (Å²) in [5.41, 5.74) is -0.505. The second kappa shape index (κ2) is 8.15. The van der Waals surface area contributed by atoms with Gasteiger partial charge in [0.25, 0.3) is 0 Å². The van der Waals surface area contributed by atoms with Crippen LogP contribution in [0, 0.1) is 11.8 Å². The first-order chi connectivity index (χ1) is 10.7. The van der Waals surface area contributed by atoms with Gasteiger partial charge in [0.05, 0.1) is 0 Å². The average Bonchev–Trinajstić information content (AvgIpc) is 3.08. The zero-order valence-electron chi connectivity index (χ0n) is 14.0. The second-order valence-electron chi connectivity index (χ2n) is 7.08. The van der Waals surface area contributed by atoms with Crippen molar-refractivity contribution in [3.05, 3.63) is 18.5 Å². The molecule has 1 aliphatic carbocycles. The van der Waals surface area contributed by atoms with E-state index in [1.54, 1.807) is 6.20 Å². The van der Waals surface area contributed by atoms with Crippen molar-refractivity contribution in [1.29, 1.82) is 0 Å². The van der Waals surface area contributed by atoms with E-state index in [-0.39, 0.29) is 18.3 Å². The minimum absolute atomic E-state index is 0. The van der Waals surface area contributed by atoms with Crippen LogP contribution in [0.2, 0.25) is 0 Å². The molecule has 0 spiro atoms. The number of carbonyl (C=O) groups is 1. The van der Waals surface area contributed by atoms with Crippen LogP contribution in [0.5, 0.6) is 0 Å². The molecule has 2 N–H and O–H groups in total. The maximum Gasteiger partial charge on any atom is 0.248 e. The number of nitrogens with one attached hydrogen (secondary N) is 2. The molecule has 2 atom stereocenters. The first-order valence-corrected chi connectivity index (χ1v) is 8.70. The van der Waals surface area contributed by atoms with Gasteiger partial charge in [-0.3, -0.25) is 9.48 Å². The molecule has 6 heteroatoms. The van der Waals surface area contributed by atoms with Crippen LogP contribution in [0.1, 0.15) is 45.4 Å². The van der Waals surface area contributed by atoms with Gasteiger partial charge in [-0.15, -0.1) is 12.4 Å². The lowest BCUT2D eigenvalue weighted by molar-refractivity contribution is -0.132. The topological polar surface area (TPSA) is 59.0 Å². The Hall–Kier alpha value is -1.07. The summed E-state index contributed by atoms with van der Waals surface area (Å²) in [5, 5.41) is 11.0. The Morgan fingerprint density at radius 2 is 2.17 bits per heavy atom. The van der Waals surface area contributed by atoms with E-state index in [1.165, 1.54) is 25.7 Å². The summed E-state index contributed by atoms with van der Waals surface area (Å²) in [7, 11) is 0. The maximum atomic E-state index is 12.9. The molecule has 2 aliphatic rings. The molecule has 0 aromatic carbocycles. The highest BCUT2D eigenvalue weighted by Gasteiger charge is 2.42. The molecule has 0 radical (unpaired) electrons. The van der Waals surface area contributed by atoms with Crippen LogP contribution in [0.4, 0.5) is 0 Å². The van der Waals surface area contributed by atoms with Crippen molar-refractivity contribution in [1.82, 2.24) is 20.4 Å². The van der Waals surface area contributed by atoms with Crippen LogP contribution in [-0.4, -0.2) is 35.3 Å². The zero-order valence-corrected chi connectivity index (χ0v) is 14.8. The Morgan fingerprint density at radius 3 is 2.83 bits per heavy atom. The Labute approximate surface area is 145 Å². The average molecular weight is 341 g/mol. The normalized spacial score (nSPS) is 27.0. The molecule has 2 unspecified atom stereocenters. The van der Waals surface area contributed by atoms with E-state index < -0.39 is 5.54 Å². The third-order valence-corrected chi connectivity index (χ3v) is 5.39. The van der Waals surface area contributed by atoms with Crippen LogP contribution in [0.3, 0.4) is 0 Å². The number of aromatic nitrogens is 2. The molecule has 1 saturated carbocycles. The molecular weight excluding hydrogens is 312 g/mol. The maximum absolute atomic E-state index is 12.9. The monoisotopic (exact) mass is 340 g/mol. The van der Waals surface area contributed by atoms with Crippen molar-refractivity contribution in [2.75, 3.05) is 19.6 Å². The van der Waals surface area contributed by atoms with Gasteiger partial charge < -0.3 is 10.6 Å². The summed E-state index contributed by atoms with van der Waals surface area (Å²) in [4.78, 5) is 12.9. The highest BCUT2D eigenvalue weighted by atomic mass is 35.5. The largest absolute Gasteiger partial charge is 0.354 e. The number of rotatable bonds is 4. The Bertz CT molecular complexity index is 485. The lowest BCUT2D eigenvalue weighted by atomic mass is 9.82. The summed E-state index contributed by atoms with van der Waals surface area (Å²) in [6.07, 6.45) is 10.4. The van der Waals surface area contributed by atoms with E-state index in [4.69, 9.17) is 0 Å². The summed E-state index contributed by atoms with van der Waals surface area (Å²) in [5.74, 6) is 1.59. The Morgan fingerprint density at radius 1 is 1.39 bits per heavy atom. The molecule has 5 nitrogen and oxygen atoms in total. The second-order valence-corrected chi connectivity index (χ2v) is 7.08. The predicted octanol–water partition coefficient (Wildman–Crippen LogP) is 2.33. The van der Waals surface area contributed by atoms with Gasteiger partial charge in [-0.1, -0.05) is 19.8 Å². The SMILES string of the molecule is CC1CCCC(CNC(=O)C2(n3cccn3)CCNCC2)C1.Cl. The predicted molar refractivity (Wildman–Crippen MR) is 93.7 cm³/mol. The van der Waals surface area contributed by atoms with Gasteiger partial charge in [0.2, 0.25) is 5.91 Å². The number of hydrogen-bond donors (Lipinski definition) is 2. The number of nitrogens with zero attached hydrogens (tertiary/aromatic N) is 2. The van der Waals surface area contributed by atoms with Crippen LogP contribution in [-0.2, 0) is 10.3 Å². The van der Waals surface area contributed by atoms with Gasteiger partial charge in [0.15, 0.2) is 0 Å². The molecule has 1 aromatic heterocycles. The van der Waals surface area contributed by atoms with Crippen molar-refractivity contribution in [3.8, 4) is 0 Å². The molecule has 130 valence electrons. The van der Waals surface area contributed by atoms with Gasteiger partial charge in [-0.25, -0.2) is 0 Å². The number of carbonyl (C=O) groups excluding carboxylic acids is 1. The summed E-state index contributed by atoms with van der Waals surface area (Å²) < 4.78 is 1.87. The zero-order chi connectivity index (χ0) is 15.4. The molecule has 0 bridgehead atoms. The van der Waals surface area contributed by atoms with E-state index in [9.17, 15) is 4.79 Å². The standard InChI is InChI=1S/C17H28N4O.ClH/c1-14-4-2-5-15(12-14)13-19-16(22)17(6-9-18-10-7-17)21-11-3-8-20-21;/h3,8,11,14-15,18H,2,4-7,9-10,12-13H2,1H3,(H,19,22);1H. The fourth-order valence-electron chi connectivity index (χ4n) is 4.07. The molecule has 1 amide bonds. The van der Waals surface area contributed by atoms with Gasteiger partial charge in [0.1, 0.15) is 5.54 Å². The summed E-state index contributed by atoms with van der Waals surface area (Å²) in [6, 6.07) is 1.90. The smallest absolute Gasteiger partial charge is 0.248 e. The Kier molecular flexibility index (Phi) is 6.48. The minimum Gasteiger partial charge on any atom is -0.354 e. The quantitative estimate of drug-likeness (QED) is 0.884. The lowest BCUT2D eigenvalue weighted by Gasteiger charge is -2.37. The first kappa shape index (κ1) is 18.3. The van der Waals surface area contributed by atoms with Crippen molar-refractivity contribution in [2.24, 2.45) is 11.8 Å². The third-order valence-electron chi connectivity index (χ3n) is 5.39. The fraction of sp³-hybridized carbons (Fsp3) is 0.765. The van der Waals surface area contributed by atoms with Crippen LogP contribution in [0.25, 0.3) is 0 Å². The molecule has 1 saturated heterocycles. The number of hydrogen-bond acceptors (Lipinski definition) is 3. The molecule has 1 aromatic rings. The molecule has 1 aliphatic heterocycles. The number of amides is 1. The molecule has 2 fully saturated rings. The summed E-state index contributed by atoms with van der Waals surface area (Å²) >= 11 is 0. The van der Waals surface area contributed by atoms with E-state index in [1.807, 2.05) is 16.9 Å². The molecular formula is C17H29ClN4O. The number of piperidine rings is 1. The van der Waals surface area contributed by atoms with Crippen molar-refractivity contribution >= 4 is 18.3 Å². The van der Waals surface area contributed by atoms with Gasteiger partial charge in [-0.2, -0.15) is 5.10 Å². The molecule has 2 heterocycles. The van der Waals surface area contributed by atoms with Crippen LogP contribution < -0.4 is 10.6 Å². The molecule has 3 rings (SSSR count). The van der Waals surface area contributed by atoms with Gasteiger partial charge in [0, 0.05) is 18.9 Å². The summed E-state index contributed by atoms with van der Waals surface area (Å²) in [6.45, 7) is 4.88. The highest BCUT2D eigenvalue weighted by molar-refractivity contribution is 5.85. The Balaban J connectivity index is 0.00000192. The van der Waals surface area contributed by atoms with Crippen molar-refractivity contribution in [2.45, 2.75) is 51.0 Å². The van der Waals surface area contributed by atoms with E-state index in [2.05, 4.69) is 22.7 Å². The van der Waals surface area contributed by atoms with Crippen molar-refractivity contribution in [3.63, 3.8) is 0 Å². The third kappa shape index (κ3) is 4.07. The van der Waals surface area contributed by atoms with E-state index in [0.29, 0.717) is 5.92 Å². The van der Waals surface area contributed by atoms with E-state index in [0.717, 1.165) is 38.4 Å². The van der Waals surface area contributed by atoms with Gasteiger partial charge >= 0.3 is 0 Å². The van der Waals surface area contributed by atoms with Crippen molar-refractivity contribution < 1.29 is 4.79 Å². The lowest BCUT2D eigenvalue weighted by Crippen LogP contribution is -2.55.